The minimum atomic E-state index is 0.259. The number of nitrogens with one attached hydrogen (secondary N) is 1. The van der Waals surface area contributed by atoms with Crippen molar-refractivity contribution in [2.45, 2.75) is 6.54 Å². The van der Waals surface area contributed by atoms with Gasteiger partial charge in [0.2, 0.25) is 0 Å². The van der Waals surface area contributed by atoms with Crippen LogP contribution in [0.4, 0.5) is 5.69 Å². The molecule has 0 bridgehead atoms. The van der Waals surface area contributed by atoms with Gasteiger partial charge in [-0.3, -0.25) is 0 Å². The van der Waals surface area contributed by atoms with Crippen LogP contribution in [0.5, 0.6) is 5.75 Å². The number of hydrogen-bond donors (Lipinski definition) is 2. The lowest BCUT2D eigenvalue weighted by atomic mass is 10.2. The molecule has 2 aromatic rings. The zero-order valence-corrected chi connectivity index (χ0v) is 10.1. The Morgan fingerprint density at radius 1 is 1.25 bits per heavy atom. The third-order valence-corrected chi connectivity index (χ3v) is 2.88. The van der Waals surface area contributed by atoms with Crippen molar-refractivity contribution in [3.05, 3.63) is 52.8 Å². The molecule has 82 valence electrons. The molecule has 2 rings (SSSR count). The lowest BCUT2D eigenvalue weighted by molar-refractivity contribution is 0.475. The molecule has 1 aromatic heterocycles. The summed E-state index contributed by atoms with van der Waals surface area (Å²) in [6.07, 6.45) is 1.74. The molecule has 0 aliphatic rings. The third kappa shape index (κ3) is 2.73. The van der Waals surface area contributed by atoms with E-state index in [2.05, 4.69) is 26.2 Å². The molecule has 4 heteroatoms. The summed E-state index contributed by atoms with van der Waals surface area (Å²) in [5.74, 6) is 0.259. The fourth-order valence-electron chi connectivity index (χ4n) is 1.36. The van der Waals surface area contributed by atoms with Crippen LogP contribution in [0.1, 0.15) is 5.56 Å². The van der Waals surface area contributed by atoms with Crippen molar-refractivity contribution in [2.75, 3.05) is 5.32 Å². The number of hydrogen-bond acceptors (Lipinski definition) is 3. The van der Waals surface area contributed by atoms with E-state index in [-0.39, 0.29) is 5.75 Å². The molecule has 0 unspecified atom stereocenters. The van der Waals surface area contributed by atoms with Crippen molar-refractivity contribution >= 4 is 21.6 Å². The first-order valence-electron chi connectivity index (χ1n) is 4.88. The van der Waals surface area contributed by atoms with Crippen LogP contribution >= 0.6 is 15.9 Å². The molecule has 1 heterocycles. The molecule has 2 N–H and O–H groups in total. The number of anilines is 1. The van der Waals surface area contributed by atoms with Gasteiger partial charge in [0.25, 0.3) is 0 Å². The second-order valence-corrected chi connectivity index (χ2v) is 4.11. The smallest absolute Gasteiger partial charge is 0.117 e. The molecule has 0 aliphatic heterocycles. The van der Waals surface area contributed by atoms with Gasteiger partial charge in [-0.15, -0.1) is 0 Å². The maximum atomic E-state index is 9.30. The predicted octanol–water partition coefficient (Wildman–Crippen LogP) is 3.16. The number of phenolic OH excluding ortho intramolecular Hbond substituents is 1. The highest BCUT2D eigenvalue weighted by atomic mass is 79.9. The zero-order valence-electron chi connectivity index (χ0n) is 8.52. The molecule has 0 amide bonds. The number of phenols is 1. The minimum absolute atomic E-state index is 0.259. The van der Waals surface area contributed by atoms with Crippen molar-refractivity contribution in [3.8, 4) is 5.75 Å². The Morgan fingerprint density at radius 3 is 2.88 bits per heavy atom. The van der Waals surface area contributed by atoms with Gasteiger partial charge in [-0.05, 0) is 34.1 Å². The summed E-state index contributed by atoms with van der Waals surface area (Å²) >= 11 is 3.38. The monoisotopic (exact) mass is 278 g/mol. The molecule has 16 heavy (non-hydrogen) atoms. The van der Waals surface area contributed by atoms with E-state index in [1.807, 2.05) is 18.2 Å². The molecule has 1 aromatic carbocycles. The molecule has 0 saturated heterocycles. The molecule has 0 spiro atoms. The fourth-order valence-corrected chi connectivity index (χ4v) is 1.75. The largest absolute Gasteiger partial charge is 0.508 e. The summed E-state index contributed by atoms with van der Waals surface area (Å²) in [7, 11) is 0. The topological polar surface area (TPSA) is 45.1 Å². The standard InChI is InChI=1S/C12H11BrN2O/c13-12-9(3-2-6-14-12)8-15-10-4-1-5-11(16)7-10/h1-7,15-16H,8H2. The summed E-state index contributed by atoms with van der Waals surface area (Å²) in [5.41, 5.74) is 1.96. The SMILES string of the molecule is Oc1cccc(NCc2cccnc2Br)c1. The van der Waals surface area contributed by atoms with Crippen molar-refractivity contribution in [1.82, 2.24) is 4.98 Å². The first kappa shape index (κ1) is 11.0. The van der Waals surface area contributed by atoms with Crippen molar-refractivity contribution in [3.63, 3.8) is 0 Å². The van der Waals surface area contributed by atoms with Gasteiger partial charge in [0, 0.05) is 30.1 Å². The van der Waals surface area contributed by atoms with Gasteiger partial charge < -0.3 is 10.4 Å². The molecular weight excluding hydrogens is 268 g/mol. The van der Waals surface area contributed by atoms with E-state index in [0.29, 0.717) is 6.54 Å². The number of halogens is 1. The van der Waals surface area contributed by atoms with Crippen LogP contribution in [-0.2, 0) is 6.54 Å². The van der Waals surface area contributed by atoms with Crippen LogP contribution in [-0.4, -0.2) is 10.1 Å². The number of pyridine rings is 1. The zero-order chi connectivity index (χ0) is 11.4. The molecular formula is C12H11BrN2O. The Labute approximate surface area is 102 Å². The van der Waals surface area contributed by atoms with Crippen LogP contribution in [0.25, 0.3) is 0 Å². The van der Waals surface area contributed by atoms with Crippen molar-refractivity contribution in [1.29, 1.82) is 0 Å². The summed E-state index contributed by atoms with van der Waals surface area (Å²) in [6.45, 7) is 0.665. The van der Waals surface area contributed by atoms with E-state index in [1.54, 1.807) is 24.4 Å². The van der Waals surface area contributed by atoms with Gasteiger partial charge in [0.1, 0.15) is 10.4 Å². The number of rotatable bonds is 3. The lowest BCUT2D eigenvalue weighted by Crippen LogP contribution is -2.00. The maximum Gasteiger partial charge on any atom is 0.117 e. The van der Waals surface area contributed by atoms with E-state index in [4.69, 9.17) is 0 Å². The molecule has 0 aliphatic carbocycles. The molecule has 0 atom stereocenters. The van der Waals surface area contributed by atoms with Crippen molar-refractivity contribution < 1.29 is 5.11 Å². The number of benzene rings is 1. The van der Waals surface area contributed by atoms with E-state index in [9.17, 15) is 5.11 Å². The Morgan fingerprint density at radius 2 is 2.12 bits per heavy atom. The van der Waals surface area contributed by atoms with Gasteiger partial charge in [-0.1, -0.05) is 12.1 Å². The third-order valence-electron chi connectivity index (χ3n) is 2.17. The number of aromatic nitrogens is 1. The maximum absolute atomic E-state index is 9.30. The van der Waals surface area contributed by atoms with Crippen LogP contribution in [0, 0.1) is 0 Å². The predicted molar refractivity (Wildman–Crippen MR) is 67.4 cm³/mol. The van der Waals surface area contributed by atoms with E-state index >= 15 is 0 Å². The molecule has 0 saturated carbocycles. The van der Waals surface area contributed by atoms with E-state index in [1.165, 1.54) is 0 Å². The Hall–Kier alpha value is -1.55. The quantitative estimate of drug-likeness (QED) is 0.848. The summed E-state index contributed by atoms with van der Waals surface area (Å²) < 4.78 is 0.836. The van der Waals surface area contributed by atoms with Gasteiger partial charge in [0.15, 0.2) is 0 Å². The van der Waals surface area contributed by atoms with Gasteiger partial charge >= 0.3 is 0 Å². The van der Waals surface area contributed by atoms with Gasteiger partial charge in [-0.25, -0.2) is 4.98 Å². The van der Waals surface area contributed by atoms with Crippen molar-refractivity contribution in [2.24, 2.45) is 0 Å². The molecule has 0 fully saturated rings. The van der Waals surface area contributed by atoms with E-state index < -0.39 is 0 Å². The van der Waals surface area contributed by atoms with Crippen LogP contribution in [0.15, 0.2) is 47.2 Å². The number of nitrogens with zero attached hydrogens (tertiary/aromatic N) is 1. The normalized spacial score (nSPS) is 10.1. The first-order chi connectivity index (χ1) is 7.75. The second-order valence-electron chi connectivity index (χ2n) is 3.36. The lowest BCUT2D eigenvalue weighted by Gasteiger charge is -2.07. The summed E-state index contributed by atoms with van der Waals surface area (Å²) in [5, 5.41) is 12.5. The van der Waals surface area contributed by atoms with Crippen LogP contribution in [0.2, 0.25) is 0 Å². The summed E-state index contributed by atoms with van der Waals surface area (Å²) in [4.78, 5) is 4.14. The highest BCUT2D eigenvalue weighted by Crippen LogP contribution is 2.18. The number of aromatic hydroxyl groups is 1. The minimum Gasteiger partial charge on any atom is -0.508 e. The van der Waals surface area contributed by atoms with Gasteiger partial charge in [0.05, 0.1) is 0 Å². The Bertz CT molecular complexity index is 488. The van der Waals surface area contributed by atoms with E-state index in [0.717, 1.165) is 15.9 Å². The van der Waals surface area contributed by atoms with Gasteiger partial charge in [-0.2, -0.15) is 0 Å². The first-order valence-corrected chi connectivity index (χ1v) is 5.67. The highest BCUT2D eigenvalue weighted by Gasteiger charge is 1.99. The summed E-state index contributed by atoms with van der Waals surface area (Å²) in [6, 6.07) is 10.9. The average molecular weight is 279 g/mol. The average Bonchev–Trinajstić information content (AvgIpc) is 2.28. The second kappa shape index (κ2) is 4.99. The van der Waals surface area contributed by atoms with Crippen LogP contribution < -0.4 is 5.32 Å². The molecule has 3 nitrogen and oxygen atoms in total. The Kier molecular flexibility index (Phi) is 3.41. The Balaban J connectivity index is 2.05. The van der Waals surface area contributed by atoms with Crippen LogP contribution in [0.3, 0.4) is 0 Å². The highest BCUT2D eigenvalue weighted by molar-refractivity contribution is 9.10. The molecule has 0 radical (unpaired) electrons. The fraction of sp³-hybridized carbons (Fsp3) is 0.0833.